The molecule has 2 rings (SSSR count). The fourth-order valence-electron chi connectivity index (χ4n) is 5.82. The molecule has 0 aromatic carbocycles. The van der Waals surface area contributed by atoms with Crippen molar-refractivity contribution in [3.05, 3.63) is 60.2 Å². The second kappa shape index (κ2) is 34.1. The van der Waals surface area contributed by atoms with Crippen molar-refractivity contribution >= 4 is 11.8 Å². The molecule has 0 aliphatic carbocycles. The van der Waals surface area contributed by atoms with Gasteiger partial charge in [-0.1, -0.05) is 114 Å². The molecule has 0 saturated carbocycles. The minimum absolute atomic E-state index is 0. The van der Waals surface area contributed by atoms with Gasteiger partial charge in [-0.15, -0.1) is 0 Å². The van der Waals surface area contributed by atoms with Gasteiger partial charge in [-0.2, -0.15) is 0 Å². The summed E-state index contributed by atoms with van der Waals surface area (Å²) in [6.45, 7) is 5.35. The molecule has 51 heavy (non-hydrogen) atoms. The van der Waals surface area contributed by atoms with Crippen LogP contribution in [0.4, 0.5) is 0 Å². The zero-order valence-corrected chi connectivity index (χ0v) is 34.8. The molecule has 274 valence electrons. The van der Waals surface area contributed by atoms with Crippen molar-refractivity contribution < 1.29 is 29.1 Å². The van der Waals surface area contributed by atoms with Crippen molar-refractivity contribution in [2.24, 2.45) is 0 Å². The van der Waals surface area contributed by atoms with Gasteiger partial charge in [0, 0.05) is 64.3 Å². The molecule has 2 amide bonds. The SMILES string of the molecule is CCCCCCCCCCCCC#CC#CCCCCCCCCC(=O)NCCNC(=O)CCCN(Cc1ccccn1)Cc1ccccn1.[Zn+2]. The van der Waals surface area contributed by atoms with E-state index in [9.17, 15) is 9.59 Å². The molecule has 0 spiro atoms. The third-order valence-electron chi connectivity index (χ3n) is 8.72. The summed E-state index contributed by atoms with van der Waals surface area (Å²) in [5, 5.41) is 5.86. The molecule has 0 aliphatic rings. The number of unbranched alkanes of at least 4 members (excludes halogenated alkanes) is 16. The maximum atomic E-state index is 12.4. The normalized spacial score (nSPS) is 10.4. The molecule has 0 saturated heterocycles. The zero-order chi connectivity index (χ0) is 35.6. The van der Waals surface area contributed by atoms with Crippen LogP contribution in [0.2, 0.25) is 0 Å². The molecule has 0 fully saturated rings. The number of carbonyl (C=O) groups excluding carboxylic acids is 2. The van der Waals surface area contributed by atoms with E-state index >= 15 is 0 Å². The maximum absolute atomic E-state index is 12.4. The number of pyridine rings is 2. The van der Waals surface area contributed by atoms with Crippen LogP contribution in [0.5, 0.6) is 0 Å². The van der Waals surface area contributed by atoms with Gasteiger partial charge in [0.1, 0.15) is 0 Å². The second-order valence-corrected chi connectivity index (χ2v) is 13.3. The van der Waals surface area contributed by atoms with Gasteiger partial charge in [-0.25, -0.2) is 0 Å². The Labute approximate surface area is 323 Å². The number of carbonyl (C=O) groups is 2. The van der Waals surface area contributed by atoms with Crippen LogP contribution >= 0.6 is 0 Å². The molecule has 2 aromatic heterocycles. The molecule has 0 atom stereocenters. The first-order chi connectivity index (χ1) is 24.7. The van der Waals surface area contributed by atoms with Crippen LogP contribution in [-0.2, 0) is 42.2 Å². The molecule has 2 aromatic rings. The van der Waals surface area contributed by atoms with E-state index in [1.807, 2.05) is 36.4 Å². The predicted octanol–water partition coefficient (Wildman–Crippen LogP) is 8.93. The van der Waals surface area contributed by atoms with Crippen LogP contribution in [0.3, 0.4) is 0 Å². The van der Waals surface area contributed by atoms with Crippen LogP contribution in [0, 0.1) is 23.7 Å². The summed E-state index contributed by atoms with van der Waals surface area (Å²) in [6, 6.07) is 11.8. The van der Waals surface area contributed by atoms with Gasteiger partial charge in [0.2, 0.25) is 11.8 Å². The van der Waals surface area contributed by atoms with E-state index in [-0.39, 0.29) is 31.3 Å². The number of nitrogens with one attached hydrogen (secondary N) is 2. The van der Waals surface area contributed by atoms with E-state index in [0.29, 0.717) is 39.0 Å². The summed E-state index contributed by atoms with van der Waals surface area (Å²) in [4.78, 5) is 35.7. The van der Waals surface area contributed by atoms with Crippen molar-refractivity contribution in [1.82, 2.24) is 25.5 Å². The van der Waals surface area contributed by atoms with Gasteiger partial charge >= 0.3 is 19.5 Å². The third-order valence-corrected chi connectivity index (χ3v) is 8.72. The second-order valence-electron chi connectivity index (χ2n) is 13.3. The van der Waals surface area contributed by atoms with Gasteiger partial charge in [-0.3, -0.25) is 24.5 Å². The molecule has 7 nitrogen and oxygen atoms in total. The monoisotopic (exact) mass is 747 g/mol. The summed E-state index contributed by atoms with van der Waals surface area (Å²) in [6.07, 6.45) is 27.4. The van der Waals surface area contributed by atoms with Crippen LogP contribution < -0.4 is 10.6 Å². The van der Waals surface area contributed by atoms with E-state index in [4.69, 9.17) is 0 Å². The number of amides is 2. The minimum Gasteiger partial charge on any atom is -0.354 e. The van der Waals surface area contributed by atoms with Crippen LogP contribution in [0.25, 0.3) is 0 Å². The van der Waals surface area contributed by atoms with Gasteiger partial charge < -0.3 is 10.6 Å². The van der Waals surface area contributed by atoms with Gasteiger partial charge in [-0.05, 0) is 68.3 Å². The van der Waals surface area contributed by atoms with E-state index in [2.05, 4.69) is 56.1 Å². The third kappa shape index (κ3) is 28.2. The Morgan fingerprint density at radius 2 is 1.02 bits per heavy atom. The zero-order valence-electron chi connectivity index (χ0n) is 31.9. The van der Waals surface area contributed by atoms with Crippen LogP contribution in [-0.4, -0.2) is 46.3 Å². The molecule has 2 heterocycles. The number of hydrogen-bond donors (Lipinski definition) is 2. The quantitative estimate of drug-likeness (QED) is 0.0493. The predicted molar refractivity (Wildman–Crippen MR) is 207 cm³/mol. The maximum Gasteiger partial charge on any atom is 2.00 e. The fraction of sp³-hybridized carbons (Fsp3) is 0.628. The topological polar surface area (TPSA) is 87.2 Å². The van der Waals surface area contributed by atoms with Crippen molar-refractivity contribution in [2.75, 3.05) is 19.6 Å². The van der Waals surface area contributed by atoms with Gasteiger partial charge in [0.05, 0.1) is 11.4 Å². The Balaban J connectivity index is 0.0000130. The van der Waals surface area contributed by atoms with E-state index < -0.39 is 0 Å². The summed E-state index contributed by atoms with van der Waals surface area (Å²) >= 11 is 0. The molecule has 0 aliphatic heterocycles. The average Bonchev–Trinajstić information content (AvgIpc) is 3.13. The molecular formula is C43H65N5O2Zn+2. The van der Waals surface area contributed by atoms with E-state index in [1.165, 1.54) is 77.0 Å². The van der Waals surface area contributed by atoms with Gasteiger partial charge in [0.15, 0.2) is 0 Å². The first kappa shape index (κ1) is 46.0. The van der Waals surface area contributed by atoms with Gasteiger partial charge in [0.25, 0.3) is 0 Å². The number of aromatic nitrogens is 2. The Hall–Kier alpha value is -3.06. The smallest absolute Gasteiger partial charge is 0.354 e. The average molecular weight is 749 g/mol. The molecule has 0 unspecified atom stereocenters. The molecule has 8 heteroatoms. The largest absolute Gasteiger partial charge is 2.00 e. The Morgan fingerprint density at radius 1 is 0.588 bits per heavy atom. The van der Waals surface area contributed by atoms with Crippen molar-refractivity contribution in [1.29, 1.82) is 0 Å². The van der Waals surface area contributed by atoms with Crippen LogP contribution in [0.1, 0.15) is 153 Å². The van der Waals surface area contributed by atoms with Crippen molar-refractivity contribution in [3.8, 4) is 23.7 Å². The summed E-state index contributed by atoms with van der Waals surface area (Å²) < 4.78 is 0. The summed E-state index contributed by atoms with van der Waals surface area (Å²) in [5.74, 6) is 12.5. The molecule has 0 bridgehead atoms. The first-order valence-corrected chi connectivity index (χ1v) is 19.7. The summed E-state index contributed by atoms with van der Waals surface area (Å²) in [7, 11) is 0. The summed E-state index contributed by atoms with van der Waals surface area (Å²) in [5.41, 5.74) is 1.99. The first-order valence-electron chi connectivity index (χ1n) is 19.7. The molecular weight excluding hydrogens is 684 g/mol. The van der Waals surface area contributed by atoms with Crippen molar-refractivity contribution in [2.45, 2.75) is 155 Å². The van der Waals surface area contributed by atoms with E-state index in [1.54, 1.807) is 12.4 Å². The number of hydrogen-bond acceptors (Lipinski definition) is 5. The Bertz CT molecular complexity index is 1210. The Morgan fingerprint density at radius 3 is 1.47 bits per heavy atom. The Kier molecular flexibility index (Phi) is 30.7. The van der Waals surface area contributed by atoms with Crippen LogP contribution in [0.15, 0.2) is 48.8 Å². The minimum atomic E-state index is 0. The number of rotatable bonds is 29. The number of nitrogens with zero attached hydrogens (tertiary/aromatic N) is 3. The standard InChI is InChI=1S/C43H65N5O2.Zn/c1-2-3-4-5-6-7-8-9-10-11-12-13-14-15-16-17-18-19-20-21-22-23-31-42(49)46-35-36-47-43(50)32-28-37-48(38-40-29-24-26-33-44-40)39-41-30-25-27-34-45-41;/h24-27,29-30,33-34H,2-12,17-23,28,31-32,35-39H2,1H3,(H,46,49)(H,47,50);/q;+2. The van der Waals surface area contributed by atoms with E-state index in [0.717, 1.165) is 62.9 Å². The molecule has 0 radical (unpaired) electrons. The van der Waals surface area contributed by atoms with Crippen molar-refractivity contribution in [3.63, 3.8) is 0 Å². The fourth-order valence-corrected chi connectivity index (χ4v) is 5.82. The molecule has 2 N–H and O–H groups in total.